The molecular formula is C8H13F4NO3. The zero-order valence-electron chi connectivity index (χ0n) is 8.39. The fourth-order valence-corrected chi connectivity index (χ4v) is 0.760. The molecule has 0 heterocycles. The molecule has 0 rings (SSSR count). The molecule has 0 fully saturated rings. The van der Waals surface area contributed by atoms with Crippen LogP contribution in [-0.2, 0) is 9.53 Å². The number of halogens is 4. The molecule has 0 aliphatic heterocycles. The van der Waals surface area contributed by atoms with Crippen molar-refractivity contribution in [3.05, 3.63) is 0 Å². The topological polar surface area (TPSA) is 58.6 Å². The van der Waals surface area contributed by atoms with Gasteiger partial charge in [0.25, 0.3) is 5.91 Å². The van der Waals surface area contributed by atoms with Gasteiger partial charge < -0.3 is 15.2 Å². The van der Waals surface area contributed by atoms with E-state index in [0.717, 1.165) is 0 Å². The molecule has 0 aromatic heterocycles. The van der Waals surface area contributed by atoms with Gasteiger partial charge in [-0.2, -0.15) is 8.78 Å². The fraction of sp³-hybridized carbons (Fsp3) is 0.875. The average Bonchev–Trinajstić information content (AvgIpc) is 2.22. The molecule has 0 radical (unpaired) electrons. The van der Waals surface area contributed by atoms with E-state index in [9.17, 15) is 22.4 Å². The summed E-state index contributed by atoms with van der Waals surface area (Å²) >= 11 is 0. The summed E-state index contributed by atoms with van der Waals surface area (Å²) in [5.74, 6) is -6.66. The van der Waals surface area contributed by atoms with Crippen LogP contribution in [0.5, 0.6) is 0 Å². The normalized spacial score (nSPS) is 11.9. The van der Waals surface area contributed by atoms with Crippen LogP contribution in [0.25, 0.3) is 0 Å². The number of ether oxygens (including phenoxy) is 1. The summed E-state index contributed by atoms with van der Waals surface area (Å²) in [4.78, 5) is 10.6. The monoisotopic (exact) mass is 247 g/mol. The van der Waals surface area contributed by atoms with Crippen molar-refractivity contribution in [1.82, 2.24) is 5.32 Å². The van der Waals surface area contributed by atoms with Gasteiger partial charge in [0.05, 0.1) is 13.2 Å². The van der Waals surface area contributed by atoms with Crippen LogP contribution in [0.2, 0.25) is 0 Å². The highest BCUT2D eigenvalue weighted by molar-refractivity contribution is 5.83. The van der Waals surface area contributed by atoms with Gasteiger partial charge in [-0.1, -0.05) is 0 Å². The molecule has 0 saturated carbocycles. The molecule has 0 saturated heterocycles. The third-order valence-corrected chi connectivity index (χ3v) is 1.56. The summed E-state index contributed by atoms with van der Waals surface area (Å²) in [5, 5.41) is 9.97. The second-order valence-corrected chi connectivity index (χ2v) is 2.87. The zero-order chi connectivity index (χ0) is 12.6. The minimum Gasteiger partial charge on any atom is -0.394 e. The van der Waals surface area contributed by atoms with Gasteiger partial charge in [0.15, 0.2) is 0 Å². The first-order valence-electron chi connectivity index (χ1n) is 4.55. The number of aliphatic hydroxyl groups excluding tert-OH is 1. The summed E-state index contributed by atoms with van der Waals surface area (Å²) in [5.41, 5.74) is 0. The van der Waals surface area contributed by atoms with Crippen molar-refractivity contribution in [2.45, 2.75) is 18.8 Å². The average molecular weight is 247 g/mol. The first-order chi connectivity index (χ1) is 7.42. The SMILES string of the molecule is O=C(NCCCOCCO)C(F)(F)C(F)F. The van der Waals surface area contributed by atoms with Crippen molar-refractivity contribution in [1.29, 1.82) is 0 Å². The van der Waals surface area contributed by atoms with Gasteiger partial charge >= 0.3 is 12.3 Å². The minimum atomic E-state index is -4.66. The number of alkyl halides is 4. The van der Waals surface area contributed by atoms with Gasteiger partial charge in [-0.3, -0.25) is 4.79 Å². The van der Waals surface area contributed by atoms with Crippen LogP contribution in [0.4, 0.5) is 17.6 Å². The van der Waals surface area contributed by atoms with Crippen LogP contribution in [0.15, 0.2) is 0 Å². The standard InChI is InChI=1S/C8H13F4NO3/c9-6(10)8(11,12)7(15)13-2-1-4-16-5-3-14/h6,14H,1-5H2,(H,13,15). The predicted octanol–water partition coefficient (Wildman–Crippen LogP) is 0.402. The highest BCUT2D eigenvalue weighted by Gasteiger charge is 2.48. The number of aliphatic hydroxyl groups is 1. The van der Waals surface area contributed by atoms with Crippen molar-refractivity contribution < 1.29 is 32.2 Å². The summed E-state index contributed by atoms with van der Waals surface area (Å²) in [7, 11) is 0. The zero-order valence-corrected chi connectivity index (χ0v) is 8.39. The first-order valence-corrected chi connectivity index (χ1v) is 4.55. The molecule has 16 heavy (non-hydrogen) atoms. The van der Waals surface area contributed by atoms with E-state index in [2.05, 4.69) is 0 Å². The van der Waals surface area contributed by atoms with E-state index in [4.69, 9.17) is 9.84 Å². The number of carbonyl (C=O) groups excluding carboxylic acids is 1. The van der Waals surface area contributed by atoms with Crippen LogP contribution < -0.4 is 5.32 Å². The van der Waals surface area contributed by atoms with Crippen LogP contribution >= 0.6 is 0 Å². The van der Waals surface area contributed by atoms with Gasteiger partial charge in [-0.25, -0.2) is 8.78 Å². The number of nitrogens with one attached hydrogen (secondary N) is 1. The molecule has 0 unspecified atom stereocenters. The Balaban J connectivity index is 3.66. The molecule has 8 heteroatoms. The number of rotatable bonds is 8. The van der Waals surface area contributed by atoms with Crippen molar-refractivity contribution in [2.24, 2.45) is 0 Å². The lowest BCUT2D eigenvalue weighted by molar-refractivity contribution is -0.169. The third kappa shape index (κ3) is 5.26. The van der Waals surface area contributed by atoms with Crippen LogP contribution in [0, 0.1) is 0 Å². The number of carbonyl (C=O) groups is 1. The lowest BCUT2D eigenvalue weighted by atomic mass is 10.3. The molecule has 1 amide bonds. The predicted molar refractivity (Wildman–Crippen MR) is 46.5 cm³/mol. The Kier molecular flexibility index (Phi) is 6.98. The Hall–Kier alpha value is -0.890. The van der Waals surface area contributed by atoms with Crippen molar-refractivity contribution in [3.8, 4) is 0 Å². The molecule has 96 valence electrons. The van der Waals surface area contributed by atoms with Gasteiger partial charge in [0.1, 0.15) is 0 Å². The molecule has 0 bridgehead atoms. The van der Waals surface area contributed by atoms with Crippen molar-refractivity contribution >= 4 is 5.91 Å². The number of amides is 1. The molecular weight excluding hydrogens is 234 g/mol. The third-order valence-electron chi connectivity index (χ3n) is 1.56. The number of hydrogen-bond donors (Lipinski definition) is 2. The van der Waals surface area contributed by atoms with Crippen molar-refractivity contribution in [3.63, 3.8) is 0 Å². The van der Waals surface area contributed by atoms with Gasteiger partial charge in [-0.15, -0.1) is 0 Å². The number of hydrogen-bond acceptors (Lipinski definition) is 3. The highest BCUT2D eigenvalue weighted by atomic mass is 19.3. The van der Waals surface area contributed by atoms with E-state index in [1.54, 1.807) is 5.32 Å². The van der Waals surface area contributed by atoms with E-state index in [1.807, 2.05) is 0 Å². The highest BCUT2D eigenvalue weighted by Crippen LogP contribution is 2.22. The van der Waals surface area contributed by atoms with Crippen LogP contribution in [0.1, 0.15) is 6.42 Å². The molecule has 0 spiro atoms. The van der Waals surface area contributed by atoms with Crippen LogP contribution in [0.3, 0.4) is 0 Å². The summed E-state index contributed by atoms with van der Waals surface area (Å²) in [6, 6.07) is 0. The second-order valence-electron chi connectivity index (χ2n) is 2.87. The molecule has 0 aromatic carbocycles. The summed E-state index contributed by atoms with van der Waals surface area (Å²) < 4.78 is 52.8. The molecule has 2 N–H and O–H groups in total. The smallest absolute Gasteiger partial charge is 0.383 e. The Labute approximate surface area is 89.6 Å². The van der Waals surface area contributed by atoms with Gasteiger partial charge in [0.2, 0.25) is 0 Å². The molecule has 4 nitrogen and oxygen atoms in total. The van der Waals surface area contributed by atoms with E-state index in [0.29, 0.717) is 0 Å². The summed E-state index contributed by atoms with van der Waals surface area (Å²) in [6.45, 7) is -0.120. The van der Waals surface area contributed by atoms with Gasteiger partial charge in [-0.05, 0) is 6.42 Å². The largest absolute Gasteiger partial charge is 0.394 e. The van der Waals surface area contributed by atoms with Gasteiger partial charge in [0, 0.05) is 13.2 Å². The molecule has 0 aliphatic rings. The Morgan fingerprint density at radius 3 is 2.50 bits per heavy atom. The molecule has 0 aromatic rings. The quantitative estimate of drug-likeness (QED) is 0.482. The lowest BCUT2D eigenvalue weighted by Crippen LogP contribution is -2.45. The van der Waals surface area contributed by atoms with E-state index in [1.165, 1.54) is 0 Å². The first kappa shape index (κ1) is 15.1. The van der Waals surface area contributed by atoms with E-state index >= 15 is 0 Å². The Morgan fingerprint density at radius 2 is 2.00 bits per heavy atom. The Morgan fingerprint density at radius 1 is 1.38 bits per heavy atom. The maximum Gasteiger partial charge on any atom is 0.383 e. The summed E-state index contributed by atoms with van der Waals surface area (Å²) in [6.07, 6.45) is -3.82. The fourth-order valence-electron chi connectivity index (χ4n) is 0.760. The van der Waals surface area contributed by atoms with Crippen molar-refractivity contribution in [2.75, 3.05) is 26.4 Å². The molecule has 0 atom stereocenters. The van der Waals surface area contributed by atoms with E-state index in [-0.39, 0.29) is 32.8 Å². The Bertz CT molecular complexity index is 213. The van der Waals surface area contributed by atoms with Crippen LogP contribution in [-0.4, -0.2) is 49.7 Å². The molecule has 0 aliphatic carbocycles. The van der Waals surface area contributed by atoms with E-state index < -0.39 is 18.3 Å². The minimum absolute atomic E-state index is 0.0984. The second kappa shape index (κ2) is 7.39. The maximum atomic E-state index is 12.3. The maximum absolute atomic E-state index is 12.3. The lowest BCUT2D eigenvalue weighted by Gasteiger charge is -2.14.